The molecule has 2 saturated heterocycles. The maximum absolute atomic E-state index is 13.2. The summed E-state index contributed by atoms with van der Waals surface area (Å²) >= 11 is 0. The Morgan fingerprint density at radius 2 is 1.82 bits per heavy atom. The third-order valence-electron chi connectivity index (χ3n) is 5.96. The normalized spacial score (nSPS) is 22.5. The van der Waals surface area contributed by atoms with E-state index in [-0.39, 0.29) is 17.8 Å². The van der Waals surface area contributed by atoms with Crippen LogP contribution in [0.25, 0.3) is 0 Å². The number of anilines is 1. The van der Waals surface area contributed by atoms with Gasteiger partial charge in [-0.2, -0.15) is 0 Å². The van der Waals surface area contributed by atoms with E-state index < -0.39 is 0 Å². The molecule has 1 amide bonds. The zero-order chi connectivity index (χ0) is 19.3. The molecule has 2 fully saturated rings. The number of rotatable bonds is 6. The Kier molecular flexibility index (Phi) is 5.91. The minimum Gasteiger partial charge on any atom is -0.371 e. The Balaban J connectivity index is 1.25. The Morgan fingerprint density at radius 1 is 1.04 bits per heavy atom. The van der Waals surface area contributed by atoms with Crippen molar-refractivity contribution >= 4 is 11.6 Å². The number of para-hydroxylation sites is 1. The van der Waals surface area contributed by atoms with E-state index in [9.17, 15) is 9.18 Å². The Morgan fingerprint density at radius 3 is 2.61 bits per heavy atom. The van der Waals surface area contributed by atoms with Crippen LogP contribution in [0.4, 0.5) is 10.1 Å². The van der Waals surface area contributed by atoms with E-state index in [1.165, 1.54) is 17.8 Å². The van der Waals surface area contributed by atoms with Gasteiger partial charge in [0.2, 0.25) is 5.91 Å². The van der Waals surface area contributed by atoms with Crippen molar-refractivity contribution in [2.45, 2.75) is 25.3 Å². The van der Waals surface area contributed by atoms with Crippen molar-refractivity contribution in [3.05, 3.63) is 66.0 Å². The van der Waals surface area contributed by atoms with Gasteiger partial charge in [-0.15, -0.1) is 0 Å². The number of nitrogens with zero attached hydrogens (tertiary/aromatic N) is 2. The number of hydrogen-bond acceptors (Lipinski definition) is 3. The van der Waals surface area contributed by atoms with Gasteiger partial charge in [0.25, 0.3) is 0 Å². The highest BCUT2D eigenvalue weighted by Gasteiger charge is 2.28. The van der Waals surface area contributed by atoms with E-state index in [4.69, 9.17) is 0 Å². The van der Waals surface area contributed by atoms with Crippen molar-refractivity contribution in [2.75, 3.05) is 37.6 Å². The maximum Gasteiger partial charge on any atom is 0.234 e. The third kappa shape index (κ3) is 4.53. The van der Waals surface area contributed by atoms with Crippen LogP contribution in [0.5, 0.6) is 0 Å². The fourth-order valence-corrected chi connectivity index (χ4v) is 4.45. The average Bonchev–Trinajstić information content (AvgIpc) is 3.37. The van der Waals surface area contributed by atoms with Gasteiger partial charge in [0.05, 0.1) is 6.54 Å². The van der Waals surface area contributed by atoms with E-state index in [2.05, 4.69) is 39.4 Å². The molecule has 0 spiro atoms. The number of likely N-dealkylation sites (tertiary alicyclic amines) is 1. The molecule has 4 nitrogen and oxygen atoms in total. The lowest BCUT2D eigenvalue weighted by molar-refractivity contribution is -0.122. The molecule has 28 heavy (non-hydrogen) atoms. The number of halogens is 1. The summed E-state index contributed by atoms with van der Waals surface area (Å²) in [5.74, 6) is 0.370. The summed E-state index contributed by atoms with van der Waals surface area (Å²) in [5.41, 5.74) is 2.36. The lowest BCUT2D eigenvalue weighted by Crippen LogP contribution is -2.39. The van der Waals surface area contributed by atoms with Crippen LogP contribution in [0, 0.1) is 11.7 Å². The molecule has 2 atom stereocenters. The fourth-order valence-electron chi connectivity index (χ4n) is 4.45. The van der Waals surface area contributed by atoms with E-state index in [1.54, 1.807) is 0 Å². The monoisotopic (exact) mass is 381 g/mol. The summed E-state index contributed by atoms with van der Waals surface area (Å²) in [6, 6.07) is 17.4. The second-order valence-electron chi connectivity index (χ2n) is 7.92. The first-order valence-corrected chi connectivity index (χ1v) is 10.3. The number of carbonyl (C=O) groups is 1. The predicted octanol–water partition coefficient (Wildman–Crippen LogP) is 3.61. The number of hydrogen-bond donors (Lipinski definition) is 1. The molecular formula is C23H28FN3O. The second kappa shape index (κ2) is 8.74. The lowest BCUT2D eigenvalue weighted by atomic mass is 10.0. The summed E-state index contributed by atoms with van der Waals surface area (Å²) in [5, 5.41) is 3.14. The largest absolute Gasteiger partial charge is 0.371 e. The summed E-state index contributed by atoms with van der Waals surface area (Å²) in [6.45, 7) is 4.10. The van der Waals surface area contributed by atoms with Gasteiger partial charge in [-0.1, -0.05) is 30.3 Å². The van der Waals surface area contributed by atoms with E-state index >= 15 is 0 Å². The molecule has 0 aliphatic carbocycles. The van der Waals surface area contributed by atoms with Gasteiger partial charge >= 0.3 is 0 Å². The minimum atomic E-state index is -0.216. The van der Waals surface area contributed by atoms with Crippen LogP contribution in [0.3, 0.4) is 0 Å². The molecule has 0 bridgehead atoms. The van der Waals surface area contributed by atoms with E-state index in [0.29, 0.717) is 12.5 Å². The summed E-state index contributed by atoms with van der Waals surface area (Å²) < 4.78 is 13.2. The molecule has 5 heteroatoms. The number of nitrogens with one attached hydrogen (secondary N) is 1. The van der Waals surface area contributed by atoms with Gasteiger partial charge in [0.1, 0.15) is 5.82 Å². The first-order valence-electron chi connectivity index (χ1n) is 10.3. The van der Waals surface area contributed by atoms with Crippen molar-refractivity contribution in [3.63, 3.8) is 0 Å². The Hall–Kier alpha value is -2.40. The standard InChI is InChI=1S/C23H28FN3O/c24-20-10-8-19(9-11-20)22-7-4-13-27(22)17-23(28)25-15-18-12-14-26(16-18)21-5-2-1-3-6-21/h1-3,5-6,8-11,18,22H,4,7,12-17H2,(H,25,28)/t18-,22+/m1/s1. The molecule has 2 aliphatic heterocycles. The minimum absolute atomic E-state index is 0.0900. The molecule has 0 aromatic heterocycles. The van der Waals surface area contributed by atoms with Crippen LogP contribution in [-0.4, -0.2) is 43.5 Å². The Bertz CT molecular complexity index is 780. The lowest BCUT2D eigenvalue weighted by Gasteiger charge is -2.24. The van der Waals surface area contributed by atoms with Crippen molar-refractivity contribution in [1.29, 1.82) is 0 Å². The van der Waals surface area contributed by atoms with Crippen LogP contribution in [0.1, 0.15) is 30.9 Å². The fraction of sp³-hybridized carbons (Fsp3) is 0.435. The quantitative estimate of drug-likeness (QED) is 0.830. The molecule has 2 aromatic rings. The highest BCUT2D eigenvalue weighted by atomic mass is 19.1. The van der Waals surface area contributed by atoms with E-state index in [1.807, 2.05) is 18.2 Å². The van der Waals surface area contributed by atoms with Crippen molar-refractivity contribution in [3.8, 4) is 0 Å². The highest BCUT2D eigenvalue weighted by molar-refractivity contribution is 5.78. The molecule has 1 N–H and O–H groups in total. The van der Waals surface area contributed by atoms with E-state index in [0.717, 1.165) is 51.0 Å². The third-order valence-corrected chi connectivity index (χ3v) is 5.96. The van der Waals surface area contributed by atoms with Crippen LogP contribution in [-0.2, 0) is 4.79 Å². The summed E-state index contributed by atoms with van der Waals surface area (Å²) in [6.07, 6.45) is 3.20. The van der Waals surface area contributed by atoms with Crippen LogP contribution >= 0.6 is 0 Å². The molecule has 2 heterocycles. The van der Waals surface area contributed by atoms with Crippen LogP contribution < -0.4 is 10.2 Å². The average molecular weight is 381 g/mol. The molecule has 0 saturated carbocycles. The van der Waals surface area contributed by atoms with Crippen LogP contribution in [0.2, 0.25) is 0 Å². The first-order chi connectivity index (χ1) is 13.7. The maximum atomic E-state index is 13.2. The van der Waals surface area contributed by atoms with Gasteiger partial charge in [-0.05, 0) is 61.6 Å². The van der Waals surface area contributed by atoms with Gasteiger partial charge in [0.15, 0.2) is 0 Å². The van der Waals surface area contributed by atoms with Crippen molar-refractivity contribution in [2.24, 2.45) is 5.92 Å². The molecule has 0 unspecified atom stereocenters. The zero-order valence-electron chi connectivity index (χ0n) is 16.2. The summed E-state index contributed by atoms with van der Waals surface area (Å²) in [7, 11) is 0. The van der Waals surface area contributed by atoms with Gasteiger partial charge in [-0.25, -0.2) is 4.39 Å². The molecule has 0 radical (unpaired) electrons. The predicted molar refractivity (Wildman–Crippen MR) is 110 cm³/mol. The number of amides is 1. The number of benzene rings is 2. The van der Waals surface area contributed by atoms with Crippen molar-refractivity contribution < 1.29 is 9.18 Å². The molecule has 148 valence electrons. The smallest absolute Gasteiger partial charge is 0.234 e. The van der Waals surface area contributed by atoms with Crippen LogP contribution in [0.15, 0.2) is 54.6 Å². The number of carbonyl (C=O) groups excluding carboxylic acids is 1. The van der Waals surface area contributed by atoms with Crippen molar-refractivity contribution in [1.82, 2.24) is 10.2 Å². The SMILES string of the molecule is O=C(CN1CCC[C@H]1c1ccc(F)cc1)NC[C@H]1CCN(c2ccccc2)C1. The Labute approximate surface area is 166 Å². The van der Waals surface area contributed by atoms with Gasteiger partial charge < -0.3 is 10.2 Å². The molecular weight excluding hydrogens is 353 g/mol. The zero-order valence-corrected chi connectivity index (χ0v) is 16.2. The molecule has 4 rings (SSSR count). The summed E-state index contributed by atoms with van der Waals surface area (Å²) in [4.78, 5) is 17.1. The highest BCUT2D eigenvalue weighted by Crippen LogP contribution is 2.31. The molecule has 2 aromatic carbocycles. The first kappa shape index (κ1) is 18.9. The molecule has 2 aliphatic rings. The van der Waals surface area contributed by atoms with Gasteiger partial charge in [0, 0.05) is 31.4 Å². The second-order valence-corrected chi connectivity index (χ2v) is 7.92. The van der Waals surface area contributed by atoms with Gasteiger partial charge in [-0.3, -0.25) is 9.69 Å². The topological polar surface area (TPSA) is 35.6 Å².